The molecule has 0 radical (unpaired) electrons. The average Bonchev–Trinajstić information content (AvgIpc) is 2.41. The molecule has 2 aromatic carbocycles. The van der Waals surface area contributed by atoms with Crippen LogP contribution in [-0.4, -0.2) is 0 Å². The standard InChI is InChI=1S/C15H11BrFNO/c16-14-3-1-2-11(7-14)9-19-10-12-4-5-15(17)13(6-12)8-18/h1-7H,9-10H2. The first kappa shape index (κ1) is 13.7. The summed E-state index contributed by atoms with van der Waals surface area (Å²) in [5.74, 6) is -0.502. The topological polar surface area (TPSA) is 33.0 Å². The molecule has 2 aromatic rings. The second-order valence-corrected chi connectivity index (χ2v) is 4.96. The lowest BCUT2D eigenvalue weighted by atomic mass is 10.1. The Morgan fingerprint density at radius 3 is 2.53 bits per heavy atom. The van der Waals surface area contributed by atoms with Crippen LogP contribution >= 0.6 is 15.9 Å². The molecule has 96 valence electrons. The predicted molar refractivity (Wildman–Crippen MR) is 73.8 cm³/mol. The van der Waals surface area contributed by atoms with E-state index in [1.165, 1.54) is 12.1 Å². The highest BCUT2D eigenvalue weighted by molar-refractivity contribution is 9.10. The van der Waals surface area contributed by atoms with Crippen LogP contribution < -0.4 is 0 Å². The number of nitriles is 1. The van der Waals surface area contributed by atoms with Gasteiger partial charge < -0.3 is 4.74 Å². The smallest absolute Gasteiger partial charge is 0.140 e. The van der Waals surface area contributed by atoms with Crippen LogP contribution in [0.1, 0.15) is 16.7 Å². The summed E-state index contributed by atoms with van der Waals surface area (Å²) in [6.07, 6.45) is 0. The second-order valence-electron chi connectivity index (χ2n) is 4.05. The zero-order valence-electron chi connectivity index (χ0n) is 10.1. The van der Waals surface area contributed by atoms with Crippen LogP contribution in [0.2, 0.25) is 0 Å². The van der Waals surface area contributed by atoms with Crippen molar-refractivity contribution in [2.24, 2.45) is 0 Å². The van der Waals surface area contributed by atoms with Crippen molar-refractivity contribution in [3.8, 4) is 6.07 Å². The fraction of sp³-hybridized carbons (Fsp3) is 0.133. The number of ether oxygens (including phenoxy) is 1. The van der Waals surface area contributed by atoms with Crippen LogP contribution in [0.4, 0.5) is 4.39 Å². The zero-order valence-corrected chi connectivity index (χ0v) is 11.7. The van der Waals surface area contributed by atoms with Gasteiger partial charge in [0.2, 0.25) is 0 Å². The van der Waals surface area contributed by atoms with E-state index in [0.717, 1.165) is 15.6 Å². The van der Waals surface area contributed by atoms with E-state index >= 15 is 0 Å². The third kappa shape index (κ3) is 3.88. The first-order valence-corrected chi connectivity index (χ1v) is 6.49. The number of benzene rings is 2. The van der Waals surface area contributed by atoms with Crippen LogP contribution in [0.3, 0.4) is 0 Å². The molecule has 0 fully saturated rings. The van der Waals surface area contributed by atoms with E-state index in [-0.39, 0.29) is 5.56 Å². The summed E-state index contributed by atoms with van der Waals surface area (Å²) in [4.78, 5) is 0. The highest BCUT2D eigenvalue weighted by Crippen LogP contribution is 2.14. The van der Waals surface area contributed by atoms with Crippen molar-refractivity contribution in [1.82, 2.24) is 0 Å². The van der Waals surface area contributed by atoms with Gasteiger partial charge in [-0.05, 0) is 35.4 Å². The summed E-state index contributed by atoms with van der Waals surface area (Å²) in [5.41, 5.74) is 1.88. The van der Waals surface area contributed by atoms with Gasteiger partial charge in [0.25, 0.3) is 0 Å². The van der Waals surface area contributed by atoms with Crippen molar-refractivity contribution in [2.45, 2.75) is 13.2 Å². The Hall–Kier alpha value is -1.70. The molecule has 0 N–H and O–H groups in total. The van der Waals surface area contributed by atoms with Gasteiger partial charge in [0.05, 0.1) is 18.8 Å². The Kier molecular flexibility index (Phi) is 4.67. The van der Waals surface area contributed by atoms with Crippen molar-refractivity contribution >= 4 is 15.9 Å². The van der Waals surface area contributed by atoms with Gasteiger partial charge in [0.15, 0.2) is 0 Å². The molecule has 0 unspecified atom stereocenters. The number of hydrogen-bond donors (Lipinski definition) is 0. The second kappa shape index (κ2) is 6.46. The van der Waals surface area contributed by atoms with Crippen LogP contribution in [0, 0.1) is 17.1 Å². The molecule has 0 aromatic heterocycles. The van der Waals surface area contributed by atoms with Crippen molar-refractivity contribution in [1.29, 1.82) is 5.26 Å². The molecule has 0 heterocycles. The molecule has 0 saturated carbocycles. The van der Waals surface area contributed by atoms with Crippen molar-refractivity contribution in [2.75, 3.05) is 0 Å². The molecule has 0 saturated heterocycles. The minimum Gasteiger partial charge on any atom is -0.372 e. The molecule has 0 atom stereocenters. The zero-order chi connectivity index (χ0) is 13.7. The van der Waals surface area contributed by atoms with Gasteiger partial charge in [-0.2, -0.15) is 5.26 Å². The fourth-order valence-corrected chi connectivity index (χ4v) is 2.11. The third-order valence-electron chi connectivity index (χ3n) is 2.58. The van der Waals surface area contributed by atoms with Gasteiger partial charge in [-0.15, -0.1) is 0 Å². The van der Waals surface area contributed by atoms with Gasteiger partial charge in [0.1, 0.15) is 11.9 Å². The number of nitrogens with zero attached hydrogens (tertiary/aromatic N) is 1. The Labute approximate surface area is 119 Å². The molecule has 0 aliphatic carbocycles. The quantitative estimate of drug-likeness (QED) is 0.847. The minimum absolute atomic E-state index is 0.0450. The van der Waals surface area contributed by atoms with Crippen molar-refractivity contribution in [3.63, 3.8) is 0 Å². The summed E-state index contributed by atoms with van der Waals surface area (Å²) < 4.78 is 19.7. The lowest BCUT2D eigenvalue weighted by Crippen LogP contribution is -1.95. The maximum Gasteiger partial charge on any atom is 0.140 e. The van der Waals surface area contributed by atoms with Crippen molar-refractivity contribution in [3.05, 3.63) is 69.4 Å². The first-order valence-electron chi connectivity index (χ1n) is 5.70. The average molecular weight is 320 g/mol. The van der Waals surface area contributed by atoms with E-state index in [4.69, 9.17) is 10.00 Å². The van der Waals surface area contributed by atoms with Gasteiger partial charge >= 0.3 is 0 Å². The summed E-state index contributed by atoms with van der Waals surface area (Å²) >= 11 is 3.39. The Morgan fingerprint density at radius 2 is 1.84 bits per heavy atom. The van der Waals surface area contributed by atoms with E-state index in [9.17, 15) is 4.39 Å². The molecular formula is C15H11BrFNO. The van der Waals surface area contributed by atoms with E-state index in [0.29, 0.717) is 13.2 Å². The molecule has 0 amide bonds. The summed E-state index contributed by atoms with van der Waals surface area (Å²) in [6.45, 7) is 0.820. The van der Waals surface area contributed by atoms with Crippen LogP contribution in [0.25, 0.3) is 0 Å². The van der Waals surface area contributed by atoms with Crippen LogP contribution in [0.5, 0.6) is 0 Å². The van der Waals surface area contributed by atoms with E-state index < -0.39 is 5.82 Å². The van der Waals surface area contributed by atoms with Gasteiger partial charge in [-0.1, -0.05) is 34.1 Å². The molecule has 19 heavy (non-hydrogen) atoms. The van der Waals surface area contributed by atoms with Crippen molar-refractivity contribution < 1.29 is 9.13 Å². The largest absolute Gasteiger partial charge is 0.372 e. The lowest BCUT2D eigenvalue weighted by Gasteiger charge is -2.06. The summed E-state index contributed by atoms with van der Waals surface area (Å²) in [7, 11) is 0. The molecular weight excluding hydrogens is 309 g/mol. The minimum atomic E-state index is -0.502. The Bertz CT molecular complexity index is 622. The van der Waals surface area contributed by atoms with E-state index in [1.807, 2.05) is 30.3 Å². The van der Waals surface area contributed by atoms with Crippen LogP contribution in [0.15, 0.2) is 46.9 Å². The molecule has 2 rings (SSSR count). The summed E-state index contributed by atoms with van der Waals surface area (Å²) in [6, 6.07) is 14.1. The lowest BCUT2D eigenvalue weighted by molar-refractivity contribution is 0.107. The van der Waals surface area contributed by atoms with E-state index in [2.05, 4.69) is 15.9 Å². The highest BCUT2D eigenvalue weighted by atomic mass is 79.9. The van der Waals surface area contributed by atoms with Crippen LogP contribution in [-0.2, 0) is 18.0 Å². The van der Waals surface area contributed by atoms with Gasteiger partial charge in [0, 0.05) is 4.47 Å². The summed E-state index contributed by atoms with van der Waals surface area (Å²) in [5, 5.41) is 8.74. The SMILES string of the molecule is N#Cc1cc(COCc2cccc(Br)c2)ccc1F. The maximum absolute atomic E-state index is 13.1. The fourth-order valence-electron chi connectivity index (χ4n) is 1.66. The van der Waals surface area contributed by atoms with E-state index in [1.54, 1.807) is 6.07 Å². The normalized spacial score (nSPS) is 10.2. The molecule has 0 aliphatic heterocycles. The molecule has 0 spiro atoms. The number of halogens is 2. The molecule has 0 aliphatic rings. The number of hydrogen-bond acceptors (Lipinski definition) is 2. The third-order valence-corrected chi connectivity index (χ3v) is 3.07. The molecule has 2 nitrogen and oxygen atoms in total. The highest BCUT2D eigenvalue weighted by Gasteiger charge is 2.03. The molecule has 0 bridgehead atoms. The first-order chi connectivity index (χ1) is 9.19. The monoisotopic (exact) mass is 319 g/mol. The molecule has 4 heteroatoms. The van der Waals surface area contributed by atoms with Gasteiger partial charge in [-0.25, -0.2) is 4.39 Å². The Morgan fingerprint density at radius 1 is 1.11 bits per heavy atom. The maximum atomic E-state index is 13.1. The van der Waals surface area contributed by atoms with Gasteiger partial charge in [-0.3, -0.25) is 0 Å². The number of rotatable bonds is 4. The predicted octanol–water partition coefficient (Wildman–Crippen LogP) is 4.18. The Balaban J connectivity index is 1.95.